The summed E-state index contributed by atoms with van der Waals surface area (Å²) in [7, 11) is 1.57. The SMILES string of the molecule is CC.CCC(=O)Nc1cc(OC)ccn1. The summed E-state index contributed by atoms with van der Waals surface area (Å²) >= 11 is 0. The van der Waals surface area contributed by atoms with Crippen LogP contribution in [0.1, 0.15) is 27.2 Å². The molecule has 0 aromatic carbocycles. The summed E-state index contributed by atoms with van der Waals surface area (Å²) in [6.07, 6.45) is 2.03. The summed E-state index contributed by atoms with van der Waals surface area (Å²) in [4.78, 5) is 15.0. The third-order valence-electron chi connectivity index (χ3n) is 1.56. The average molecular weight is 210 g/mol. The molecule has 4 nitrogen and oxygen atoms in total. The van der Waals surface area contributed by atoms with Crippen molar-refractivity contribution in [3.63, 3.8) is 0 Å². The maximum Gasteiger partial charge on any atom is 0.225 e. The lowest BCUT2D eigenvalue weighted by Gasteiger charge is -2.03. The van der Waals surface area contributed by atoms with Crippen molar-refractivity contribution in [2.75, 3.05) is 12.4 Å². The number of rotatable bonds is 3. The average Bonchev–Trinajstić information content (AvgIpc) is 2.31. The lowest BCUT2D eigenvalue weighted by molar-refractivity contribution is -0.115. The van der Waals surface area contributed by atoms with Crippen LogP contribution in [-0.4, -0.2) is 18.0 Å². The van der Waals surface area contributed by atoms with Crippen LogP contribution in [0.25, 0.3) is 0 Å². The minimum absolute atomic E-state index is 0.0549. The first-order chi connectivity index (χ1) is 7.26. The zero-order chi connectivity index (χ0) is 11.7. The number of hydrogen-bond donors (Lipinski definition) is 1. The molecule has 0 unspecified atom stereocenters. The molecule has 1 N–H and O–H groups in total. The zero-order valence-corrected chi connectivity index (χ0v) is 9.70. The Bertz CT molecular complexity index is 300. The van der Waals surface area contributed by atoms with Crippen LogP contribution < -0.4 is 10.1 Å². The summed E-state index contributed by atoms with van der Waals surface area (Å²) < 4.78 is 4.98. The Kier molecular flexibility index (Phi) is 6.97. The first-order valence-electron chi connectivity index (χ1n) is 5.06. The van der Waals surface area contributed by atoms with Gasteiger partial charge in [0.05, 0.1) is 7.11 Å². The highest BCUT2D eigenvalue weighted by atomic mass is 16.5. The van der Waals surface area contributed by atoms with Crippen LogP contribution in [0.15, 0.2) is 18.3 Å². The molecule has 0 radical (unpaired) electrons. The molecule has 0 atom stereocenters. The van der Waals surface area contributed by atoms with Crippen molar-refractivity contribution in [1.29, 1.82) is 0 Å². The van der Waals surface area contributed by atoms with E-state index in [1.165, 1.54) is 0 Å². The predicted molar refractivity (Wildman–Crippen MR) is 61.1 cm³/mol. The molecule has 4 heteroatoms. The van der Waals surface area contributed by atoms with E-state index in [0.29, 0.717) is 18.0 Å². The highest BCUT2D eigenvalue weighted by Crippen LogP contribution is 2.13. The molecule has 0 spiro atoms. The fraction of sp³-hybridized carbons (Fsp3) is 0.455. The van der Waals surface area contributed by atoms with E-state index < -0.39 is 0 Å². The van der Waals surface area contributed by atoms with Crippen LogP contribution in [0.3, 0.4) is 0 Å². The standard InChI is InChI=1S/C9H12N2O2.C2H6/c1-3-9(12)11-8-6-7(13-2)4-5-10-8;1-2/h4-6H,3H2,1-2H3,(H,10,11,12);1-2H3. The van der Waals surface area contributed by atoms with E-state index >= 15 is 0 Å². The van der Waals surface area contributed by atoms with E-state index in [9.17, 15) is 4.79 Å². The number of hydrogen-bond acceptors (Lipinski definition) is 3. The fourth-order valence-corrected chi connectivity index (χ4v) is 0.838. The molecule has 0 saturated heterocycles. The van der Waals surface area contributed by atoms with Crippen LogP contribution in [0.2, 0.25) is 0 Å². The third kappa shape index (κ3) is 5.00. The molecule has 0 bridgehead atoms. The summed E-state index contributed by atoms with van der Waals surface area (Å²) in [5, 5.41) is 2.64. The molecular formula is C11H18N2O2. The van der Waals surface area contributed by atoms with Crippen LogP contribution in [0, 0.1) is 0 Å². The molecular weight excluding hydrogens is 192 g/mol. The quantitative estimate of drug-likeness (QED) is 0.833. The van der Waals surface area contributed by atoms with Crippen molar-refractivity contribution < 1.29 is 9.53 Å². The minimum Gasteiger partial charge on any atom is -0.497 e. The van der Waals surface area contributed by atoms with Gasteiger partial charge < -0.3 is 10.1 Å². The van der Waals surface area contributed by atoms with Crippen molar-refractivity contribution in [2.45, 2.75) is 27.2 Å². The number of anilines is 1. The Labute approximate surface area is 90.7 Å². The second kappa shape index (κ2) is 7.79. The topological polar surface area (TPSA) is 51.2 Å². The van der Waals surface area contributed by atoms with Gasteiger partial charge in [-0.15, -0.1) is 0 Å². The van der Waals surface area contributed by atoms with Crippen LogP contribution >= 0.6 is 0 Å². The first-order valence-corrected chi connectivity index (χ1v) is 5.06. The molecule has 1 rings (SSSR count). The third-order valence-corrected chi connectivity index (χ3v) is 1.56. The Hall–Kier alpha value is -1.58. The van der Waals surface area contributed by atoms with Crippen LogP contribution in [-0.2, 0) is 4.79 Å². The number of carbonyl (C=O) groups is 1. The predicted octanol–water partition coefficient (Wildman–Crippen LogP) is 2.46. The van der Waals surface area contributed by atoms with E-state index in [-0.39, 0.29) is 5.91 Å². The molecule has 1 heterocycles. The molecule has 0 fully saturated rings. The Balaban J connectivity index is 0.000000921. The first kappa shape index (κ1) is 13.4. The maximum atomic E-state index is 11.0. The Morgan fingerprint density at radius 3 is 2.73 bits per heavy atom. The van der Waals surface area contributed by atoms with Crippen molar-refractivity contribution in [1.82, 2.24) is 4.98 Å². The van der Waals surface area contributed by atoms with Crippen LogP contribution in [0.5, 0.6) is 5.75 Å². The summed E-state index contributed by atoms with van der Waals surface area (Å²) in [5.41, 5.74) is 0. The largest absolute Gasteiger partial charge is 0.497 e. The van der Waals surface area contributed by atoms with Gasteiger partial charge in [0.2, 0.25) is 5.91 Å². The number of aromatic nitrogens is 1. The van der Waals surface area contributed by atoms with Gasteiger partial charge in [0.1, 0.15) is 11.6 Å². The van der Waals surface area contributed by atoms with Gasteiger partial charge in [-0.25, -0.2) is 4.98 Å². The van der Waals surface area contributed by atoms with E-state index in [1.54, 1.807) is 32.4 Å². The molecule has 0 aliphatic rings. The van der Waals surface area contributed by atoms with Gasteiger partial charge in [-0.2, -0.15) is 0 Å². The molecule has 1 aromatic heterocycles. The van der Waals surface area contributed by atoms with Crippen molar-refractivity contribution in [3.8, 4) is 5.75 Å². The van der Waals surface area contributed by atoms with E-state index in [2.05, 4.69) is 10.3 Å². The molecule has 15 heavy (non-hydrogen) atoms. The molecule has 0 saturated carbocycles. The summed E-state index contributed by atoms with van der Waals surface area (Å²) in [5.74, 6) is 1.15. The van der Waals surface area contributed by atoms with E-state index in [0.717, 1.165) is 0 Å². The normalized spacial score (nSPS) is 8.53. The van der Waals surface area contributed by atoms with Gasteiger partial charge in [0.15, 0.2) is 0 Å². The molecule has 1 amide bonds. The number of amides is 1. The Morgan fingerprint density at radius 2 is 2.20 bits per heavy atom. The zero-order valence-electron chi connectivity index (χ0n) is 9.70. The monoisotopic (exact) mass is 210 g/mol. The van der Waals surface area contributed by atoms with E-state index in [4.69, 9.17) is 4.74 Å². The number of ether oxygens (including phenoxy) is 1. The lowest BCUT2D eigenvalue weighted by atomic mass is 10.4. The van der Waals surface area contributed by atoms with Gasteiger partial charge in [-0.1, -0.05) is 20.8 Å². The van der Waals surface area contributed by atoms with Gasteiger partial charge in [0, 0.05) is 18.7 Å². The summed E-state index contributed by atoms with van der Waals surface area (Å²) in [6.45, 7) is 5.79. The lowest BCUT2D eigenvalue weighted by Crippen LogP contribution is -2.10. The van der Waals surface area contributed by atoms with Gasteiger partial charge in [0.25, 0.3) is 0 Å². The Morgan fingerprint density at radius 1 is 1.53 bits per heavy atom. The second-order valence-electron chi connectivity index (χ2n) is 2.48. The fourth-order valence-electron chi connectivity index (χ4n) is 0.838. The van der Waals surface area contributed by atoms with Gasteiger partial charge >= 0.3 is 0 Å². The highest BCUT2D eigenvalue weighted by molar-refractivity contribution is 5.89. The molecule has 84 valence electrons. The molecule has 0 aliphatic heterocycles. The number of nitrogens with zero attached hydrogens (tertiary/aromatic N) is 1. The van der Waals surface area contributed by atoms with Crippen molar-refractivity contribution in [2.24, 2.45) is 0 Å². The second-order valence-corrected chi connectivity index (χ2v) is 2.48. The van der Waals surface area contributed by atoms with Gasteiger partial charge in [-0.3, -0.25) is 4.79 Å². The van der Waals surface area contributed by atoms with Crippen LogP contribution in [0.4, 0.5) is 5.82 Å². The molecule has 0 aliphatic carbocycles. The summed E-state index contributed by atoms with van der Waals surface area (Å²) in [6, 6.07) is 3.40. The van der Waals surface area contributed by atoms with E-state index in [1.807, 2.05) is 13.8 Å². The highest BCUT2D eigenvalue weighted by Gasteiger charge is 2.00. The van der Waals surface area contributed by atoms with Crippen molar-refractivity contribution >= 4 is 11.7 Å². The number of carbonyl (C=O) groups excluding carboxylic acids is 1. The number of nitrogens with one attached hydrogen (secondary N) is 1. The number of methoxy groups -OCH3 is 1. The number of pyridine rings is 1. The maximum absolute atomic E-state index is 11.0. The minimum atomic E-state index is -0.0549. The van der Waals surface area contributed by atoms with Crippen molar-refractivity contribution in [3.05, 3.63) is 18.3 Å². The van der Waals surface area contributed by atoms with Gasteiger partial charge in [-0.05, 0) is 6.07 Å². The molecule has 1 aromatic rings. The smallest absolute Gasteiger partial charge is 0.225 e.